The van der Waals surface area contributed by atoms with Gasteiger partial charge in [0.15, 0.2) is 0 Å². The Morgan fingerprint density at radius 1 is 0.926 bits per heavy atom. The molecule has 0 radical (unpaired) electrons. The number of anilines is 1. The summed E-state index contributed by atoms with van der Waals surface area (Å²) in [6.45, 7) is 9.24. The molecule has 368 valence electrons. The largest absolute Gasteiger partial charge is 0.393 e. The van der Waals surface area contributed by atoms with Crippen LogP contribution in [0.3, 0.4) is 0 Å². The number of likely N-dealkylation sites (tertiary alicyclic amines) is 2. The highest BCUT2D eigenvalue weighted by Gasteiger charge is 2.40. The Labute approximate surface area is 396 Å². The number of nitrogens with one attached hydrogen (secondary N) is 4. The van der Waals surface area contributed by atoms with Crippen LogP contribution in [0.2, 0.25) is 0 Å². The van der Waals surface area contributed by atoms with E-state index in [4.69, 9.17) is 11.1 Å². The van der Waals surface area contributed by atoms with Crippen molar-refractivity contribution in [3.05, 3.63) is 69.3 Å². The lowest BCUT2D eigenvalue weighted by Gasteiger charge is -2.48. The number of nitrogens with two attached hydrogens (primary N) is 1. The van der Waals surface area contributed by atoms with E-state index in [1.165, 1.54) is 4.57 Å². The molecule has 4 amide bonds. The highest BCUT2D eigenvalue weighted by Crippen LogP contribution is 2.39. The third kappa shape index (κ3) is 10.5. The molecular formula is C49H68F2N12O5. The summed E-state index contributed by atoms with van der Waals surface area (Å²) in [6.07, 6.45) is 5.45. The van der Waals surface area contributed by atoms with Gasteiger partial charge >= 0.3 is 5.69 Å². The highest BCUT2D eigenvalue weighted by atomic mass is 19.3. The van der Waals surface area contributed by atoms with Crippen LogP contribution in [-0.2, 0) is 39.1 Å². The molecule has 5 aliphatic heterocycles. The molecule has 4 unspecified atom stereocenters. The molecule has 0 saturated carbocycles. The van der Waals surface area contributed by atoms with E-state index < -0.39 is 24.5 Å². The van der Waals surface area contributed by atoms with Gasteiger partial charge in [0.1, 0.15) is 6.04 Å². The zero-order chi connectivity index (χ0) is 48.2. The van der Waals surface area contributed by atoms with E-state index in [9.17, 15) is 32.8 Å². The van der Waals surface area contributed by atoms with E-state index in [-0.39, 0.29) is 53.4 Å². The van der Waals surface area contributed by atoms with Crippen molar-refractivity contribution in [1.82, 2.24) is 44.7 Å². The smallest absolute Gasteiger partial charge is 0.329 e. The predicted octanol–water partition coefficient (Wildman–Crippen LogP) is 2.57. The number of halogens is 2. The molecule has 0 aliphatic carbocycles. The molecule has 3 aromatic rings. The fourth-order valence-electron chi connectivity index (χ4n) is 11.2. The van der Waals surface area contributed by atoms with Crippen LogP contribution in [0.5, 0.6) is 0 Å². The van der Waals surface area contributed by atoms with Crippen LogP contribution in [0.15, 0.2) is 41.3 Å². The number of hydrogen-bond donors (Lipinski definition) is 5. The van der Waals surface area contributed by atoms with Gasteiger partial charge in [-0.3, -0.25) is 38.5 Å². The van der Waals surface area contributed by atoms with E-state index in [0.29, 0.717) is 80.9 Å². The lowest BCUT2D eigenvalue weighted by atomic mass is 9.85. The zero-order valence-corrected chi connectivity index (χ0v) is 39.7. The molecule has 19 heteroatoms. The number of alkyl halides is 2. The third-order valence-corrected chi connectivity index (χ3v) is 15.0. The van der Waals surface area contributed by atoms with Gasteiger partial charge in [-0.2, -0.15) is 0 Å². The zero-order valence-electron chi connectivity index (χ0n) is 39.7. The number of allylic oxidation sites excluding steroid dienone is 1. The van der Waals surface area contributed by atoms with Crippen molar-refractivity contribution >= 4 is 52.1 Å². The second-order valence-corrected chi connectivity index (χ2v) is 19.3. The second-order valence-electron chi connectivity index (χ2n) is 19.3. The van der Waals surface area contributed by atoms with Crippen molar-refractivity contribution < 1.29 is 28.0 Å². The van der Waals surface area contributed by atoms with Crippen LogP contribution in [0.4, 0.5) is 14.5 Å². The third-order valence-electron chi connectivity index (χ3n) is 15.0. The minimum absolute atomic E-state index is 0.00921. The van der Waals surface area contributed by atoms with Gasteiger partial charge in [0.2, 0.25) is 23.6 Å². The molecule has 6 N–H and O–H groups in total. The van der Waals surface area contributed by atoms with Crippen LogP contribution in [0, 0.1) is 11.3 Å². The first-order chi connectivity index (χ1) is 32.7. The van der Waals surface area contributed by atoms with Gasteiger partial charge in [0.25, 0.3) is 6.43 Å². The average molecular weight is 943 g/mol. The molecule has 17 nitrogen and oxygen atoms in total. The fraction of sp³-hybridized carbons (Fsp3) is 0.592. The molecular weight excluding hydrogens is 875 g/mol. The Bertz CT molecular complexity index is 2460. The molecule has 1 aromatic heterocycles. The van der Waals surface area contributed by atoms with Crippen LogP contribution >= 0.6 is 0 Å². The van der Waals surface area contributed by atoms with Gasteiger partial charge in [-0.05, 0) is 98.9 Å². The Hall–Kier alpha value is -5.50. The minimum atomic E-state index is -2.74. The van der Waals surface area contributed by atoms with Gasteiger partial charge in [-0.1, -0.05) is 6.07 Å². The van der Waals surface area contributed by atoms with Gasteiger partial charge in [0, 0.05) is 134 Å². The number of fused-ring (bicyclic) bond motifs is 2. The Kier molecular flexibility index (Phi) is 15.4. The summed E-state index contributed by atoms with van der Waals surface area (Å²) in [4.78, 5) is 74.3. The van der Waals surface area contributed by atoms with Crippen molar-refractivity contribution in [2.75, 3.05) is 83.9 Å². The lowest BCUT2D eigenvalue weighted by molar-refractivity contribution is -0.136. The summed E-state index contributed by atoms with van der Waals surface area (Å²) >= 11 is 0. The van der Waals surface area contributed by atoms with Gasteiger partial charge in [0.05, 0.1) is 23.7 Å². The Morgan fingerprint density at radius 3 is 2.35 bits per heavy atom. The molecule has 2 aromatic carbocycles. The molecule has 4 saturated heterocycles. The topological polar surface area (TPSA) is 197 Å². The highest BCUT2D eigenvalue weighted by molar-refractivity contribution is 6.09. The minimum Gasteiger partial charge on any atom is -0.393 e. The standard InChI is InChI=1S/C49H68F2N12O5/c1-31(64)61-19-14-39(38(29-61)47(53)62-16-5-7-33-25-36(34(27-52)28-54-2)37(46(50)51)26-42(33)62)55-35-12-17-60(18-13-35)45(66)30-59-22-20-58(21-23-59)15-4-6-32-8-9-40-43(24-32)57(3)49(68)63(40)41-10-11-44(65)56-48(41)67/h8-9,24-28,35,38-39,41,46-47,52,54-55H,4-7,10-23,29-30,53H2,1-3H3,(H,56,65,67)/b34-28+,52-27?. The van der Waals surface area contributed by atoms with Crippen LogP contribution in [0.25, 0.3) is 16.6 Å². The van der Waals surface area contributed by atoms with Crippen LogP contribution in [0.1, 0.15) is 86.6 Å². The van der Waals surface area contributed by atoms with E-state index in [0.717, 1.165) is 87.7 Å². The number of hydrogen-bond acceptors (Lipinski definition) is 12. The fourth-order valence-corrected chi connectivity index (χ4v) is 11.2. The number of imide groups is 1. The van der Waals surface area contributed by atoms with Gasteiger partial charge < -0.3 is 41.4 Å². The quantitative estimate of drug-likeness (QED) is 0.111. The van der Waals surface area contributed by atoms with E-state index in [2.05, 4.69) is 25.8 Å². The van der Waals surface area contributed by atoms with Crippen molar-refractivity contribution in [2.45, 2.75) is 95.4 Å². The molecule has 4 atom stereocenters. The number of carbonyl (C=O) groups is 4. The predicted molar refractivity (Wildman–Crippen MR) is 258 cm³/mol. The Balaban J connectivity index is 0.806. The first-order valence-corrected chi connectivity index (χ1v) is 24.4. The number of benzene rings is 2. The summed E-state index contributed by atoms with van der Waals surface area (Å²) in [5, 5.41) is 17.0. The Morgan fingerprint density at radius 2 is 1.66 bits per heavy atom. The van der Waals surface area contributed by atoms with E-state index >= 15 is 0 Å². The number of piperidine rings is 3. The number of nitrogens with zero attached hydrogens (tertiary/aromatic N) is 7. The summed E-state index contributed by atoms with van der Waals surface area (Å²) in [6, 6.07) is 8.72. The summed E-state index contributed by atoms with van der Waals surface area (Å²) in [7, 11) is 3.39. The number of aryl methyl sites for hydroxylation is 3. The monoisotopic (exact) mass is 943 g/mol. The summed E-state index contributed by atoms with van der Waals surface area (Å²) < 4.78 is 32.3. The summed E-state index contributed by atoms with van der Waals surface area (Å²) in [5.41, 5.74) is 11.6. The molecule has 5 aliphatic rings. The van der Waals surface area contributed by atoms with Crippen molar-refractivity contribution in [2.24, 2.45) is 18.7 Å². The van der Waals surface area contributed by atoms with Crippen LogP contribution < -0.4 is 32.3 Å². The summed E-state index contributed by atoms with van der Waals surface area (Å²) in [5.74, 6) is -0.793. The van der Waals surface area contributed by atoms with Crippen molar-refractivity contribution in [3.63, 3.8) is 0 Å². The normalized spacial score (nSPS) is 23.0. The lowest BCUT2D eigenvalue weighted by Crippen LogP contribution is -2.63. The first-order valence-electron chi connectivity index (χ1n) is 24.4. The second kappa shape index (κ2) is 21.4. The molecule has 8 rings (SSSR count). The number of piperazine rings is 1. The molecule has 6 heterocycles. The number of carbonyl (C=O) groups excluding carboxylic acids is 4. The number of imidazole rings is 1. The molecule has 4 fully saturated rings. The van der Waals surface area contributed by atoms with Crippen LogP contribution in [-0.4, -0.2) is 156 Å². The number of aromatic nitrogens is 2. The number of rotatable bonds is 15. The maximum atomic E-state index is 14.6. The molecule has 0 spiro atoms. The van der Waals surface area contributed by atoms with Gasteiger partial charge in [-0.25, -0.2) is 13.6 Å². The maximum Gasteiger partial charge on any atom is 0.329 e. The van der Waals surface area contributed by atoms with E-state index in [1.54, 1.807) is 43.9 Å². The van der Waals surface area contributed by atoms with Crippen molar-refractivity contribution in [1.29, 1.82) is 5.41 Å². The number of amides is 4. The maximum absolute atomic E-state index is 14.6. The average Bonchev–Trinajstić information content (AvgIpc) is 3.58. The first kappa shape index (κ1) is 48.9. The molecule has 0 bridgehead atoms. The van der Waals surface area contributed by atoms with Crippen molar-refractivity contribution in [3.8, 4) is 0 Å². The molecule has 68 heavy (non-hydrogen) atoms. The SMILES string of the molecule is CN/C=C(\C=N)c1cc2c(cc1C(F)F)N(C(N)C1CN(C(C)=O)CCC1NC1CCN(C(=O)CN3CCN(CCCc4ccc5c(c4)n(C)c(=O)n5C4CCC(=O)NC4=O)CC3)CC1)CCC2. The van der Waals surface area contributed by atoms with Gasteiger partial charge in [-0.15, -0.1) is 0 Å². The van der Waals surface area contributed by atoms with E-state index in [1.807, 2.05) is 32.9 Å².